The van der Waals surface area contributed by atoms with E-state index < -0.39 is 0 Å². The lowest BCUT2D eigenvalue weighted by molar-refractivity contribution is 0.0410. The molecule has 13 heavy (non-hydrogen) atoms. The standard InChI is InChI=1S/C9H18FNOS/c10-2-1-8-13-9-5-11-3-6-12-7-4-11/h1-9H2. The summed E-state index contributed by atoms with van der Waals surface area (Å²) in [5.74, 6) is 2.08. The summed E-state index contributed by atoms with van der Waals surface area (Å²) in [4.78, 5) is 2.41. The van der Waals surface area contributed by atoms with Gasteiger partial charge in [0.15, 0.2) is 0 Å². The van der Waals surface area contributed by atoms with E-state index in [1.807, 2.05) is 11.8 Å². The van der Waals surface area contributed by atoms with Crippen molar-refractivity contribution in [3.8, 4) is 0 Å². The van der Waals surface area contributed by atoms with Gasteiger partial charge in [-0.1, -0.05) is 0 Å². The molecule has 0 aromatic carbocycles. The molecule has 0 bridgehead atoms. The van der Waals surface area contributed by atoms with E-state index in [4.69, 9.17) is 4.74 Å². The summed E-state index contributed by atoms with van der Waals surface area (Å²) in [6.07, 6.45) is 0.702. The van der Waals surface area contributed by atoms with E-state index in [9.17, 15) is 4.39 Å². The molecule has 1 saturated heterocycles. The number of morpholine rings is 1. The molecule has 0 spiro atoms. The van der Waals surface area contributed by atoms with Crippen molar-refractivity contribution >= 4 is 11.8 Å². The largest absolute Gasteiger partial charge is 0.379 e. The zero-order chi connectivity index (χ0) is 9.36. The molecule has 1 aliphatic rings. The molecule has 1 fully saturated rings. The zero-order valence-electron chi connectivity index (χ0n) is 8.01. The van der Waals surface area contributed by atoms with Gasteiger partial charge in [-0.2, -0.15) is 11.8 Å². The highest BCUT2D eigenvalue weighted by atomic mass is 32.2. The molecule has 0 aromatic rings. The molecule has 0 radical (unpaired) electrons. The SMILES string of the molecule is FCCCSCCN1CCOCC1. The minimum absolute atomic E-state index is 0.176. The van der Waals surface area contributed by atoms with Gasteiger partial charge in [0.1, 0.15) is 0 Å². The van der Waals surface area contributed by atoms with Gasteiger partial charge < -0.3 is 4.74 Å². The van der Waals surface area contributed by atoms with Gasteiger partial charge in [0.05, 0.1) is 19.9 Å². The average Bonchev–Trinajstić information content (AvgIpc) is 2.19. The van der Waals surface area contributed by atoms with Crippen LogP contribution >= 0.6 is 11.8 Å². The highest BCUT2D eigenvalue weighted by Gasteiger charge is 2.08. The Morgan fingerprint density at radius 1 is 1.23 bits per heavy atom. The van der Waals surface area contributed by atoms with Crippen LogP contribution in [0.3, 0.4) is 0 Å². The lowest BCUT2D eigenvalue weighted by Gasteiger charge is -2.26. The molecule has 1 aliphatic heterocycles. The quantitative estimate of drug-likeness (QED) is 0.611. The van der Waals surface area contributed by atoms with Gasteiger partial charge >= 0.3 is 0 Å². The highest BCUT2D eigenvalue weighted by Crippen LogP contribution is 2.04. The first-order valence-electron chi connectivity index (χ1n) is 4.87. The van der Waals surface area contributed by atoms with E-state index in [1.165, 1.54) is 0 Å². The number of hydrogen-bond acceptors (Lipinski definition) is 3. The third-order valence-corrected chi connectivity index (χ3v) is 3.13. The fraction of sp³-hybridized carbons (Fsp3) is 1.00. The van der Waals surface area contributed by atoms with Crippen LogP contribution in [0.1, 0.15) is 6.42 Å². The van der Waals surface area contributed by atoms with E-state index in [0.29, 0.717) is 6.42 Å². The van der Waals surface area contributed by atoms with Crippen LogP contribution in [-0.2, 0) is 4.74 Å². The molecular weight excluding hydrogens is 189 g/mol. The van der Waals surface area contributed by atoms with Gasteiger partial charge in [-0.25, -0.2) is 0 Å². The minimum Gasteiger partial charge on any atom is -0.379 e. The van der Waals surface area contributed by atoms with Crippen molar-refractivity contribution in [2.75, 3.05) is 51.0 Å². The lowest BCUT2D eigenvalue weighted by Crippen LogP contribution is -2.37. The van der Waals surface area contributed by atoms with Crippen molar-refractivity contribution in [1.82, 2.24) is 4.90 Å². The number of nitrogens with zero attached hydrogens (tertiary/aromatic N) is 1. The highest BCUT2D eigenvalue weighted by molar-refractivity contribution is 7.99. The Bertz CT molecular complexity index is 120. The van der Waals surface area contributed by atoms with E-state index in [1.54, 1.807) is 0 Å². The molecule has 0 N–H and O–H groups in total. The zero-order valence-corrected chi connectivity index (χ0v) is 8.82. The number of alkyl halides is 1. The number of thioether (sulfide) groups is 1. The normalized spacial score (nSPS) is 19.2. The summed E-state index contributed by atoms with van der Waals surface area (Å²) in [6.45, 7) is 4.81. The summed E-state index contributed by atoms with van der Waals surface area (Å²) in [7, 11) is 0. The van der Waals surface area contributed by atoms with Crippen LogP contribution in [0.25, 0.3) is 0 Å². The van der Waals surface area contributed by atoms with Crippen LogP contribution in [0.5, 0.6) is 0 Å². The van der Waals surface area contributed by atoms with E-state index in [-0.39, 0.29) is 6.67 Å². The van der Waals surface area contributed by atoms with Gasteiger partial charge in [0.25, 0.3) is 0 Å². The molecule has 2 nitrogen and oxygen atoms in total. The van der Waals surface area contributed by atoms with Crippen LogP contribution < -0.4 is 0 Å². The summed E-state index contributed by atoms with van der Waals surface area (Å²) >= 11 is 1.85. The van der Waals surface area contributed by atoms with Crippen molar-refractivity contribution in [3.05, 3.63) is 0 Å². The van der Waals surface area contributed by atoms with E-state index in [2.05, 4.69) is 4.90 Å². The van der Waals surface area contributed by atoms with Gasteiger partial charge in [-0.15, -0.1) is 0 Å². The Hall–Kier alpha value is 0.200. The second kappa shape index (κ2) is 7.59. The van der Waals surface area contributed by atoms with Crippen molar-refractivity contribution in [3.63, 3.8) is 0 Å². The number of rotatable bonds is 6. The first-order valence-corrected chi connectivity index (χ1v) is 6.03. The van der Waals surface area contributed by atoms with Crippen molar-refractivity contribution in [1.29, 1.82) is 0 Å². The van der Waals surface area contributed by atoms with Crippen molar-refractivity contribution in [2.45, 2.75) is 6.42 Å². The van der Waals surface area contributed by atoms with Gasteiger partial charge in [0, 0.05) is 25.4 Å². The number of hydrogen-bond donors (Lipinski definition) is 0. The summed E-state index contributed by atoms with van der Waals surface area (Å²) in [6, 6.07) is 0. The molecule has 0 aliphatic carbocycles. The molecule has 0 amide bonds. The molecule has 0 unspecified atom stereocenters. The lowest BCUT2D eigenvalue weighted by atomic mass is 10.4. The Balaban J connectivity index is 1.86. The second-order valence-corrected chi connectivity index (χ2v) is 4.33. The maximum atomic E-state index is 11.7. The van der Waals surface area contributed by atoms with Crippen molar-refractivity contribution < 1.29 is 9.13 Å². The maximum Gasteiger partial charge on any atom is 0.0902 e. The third-order valence-electron chi connectivity index (χ3n) is 2.08. The third kappa shape index (κ3) is 5.49. The van der Waals surface area contributed by atoms with Gasteiger partial charge in [-0.3, -0.25) is 9.29 Å². The van der Waals surface area contributed by atoms with Crippen LogP contribution in [-0.4, -0.2) is 55.9 Å². The Kier molecular flexibility index (Phi) is 6.58. The van der Waals surface area contributed by atoms with E-state index in [0.717, 1.165) is 44.4 Å². The molecule has 0 saturated carbocycles. The summed E-state index contributed by atoms with van der Waals surface area (Å²) in [5.41, 5.74) is 0. The van der Waals surface area contributed by atoms with Crippen LogP contribution in [0.15, 0.2) is 0 Å². The Morgan fingerprint density at radius 3 is 2.69 bits per heavy atom. The van der Waals surface area contributed by atoms with Crippen LogP contribution in [0.2, 0.25) is 0 Å². The molecule has 78 valence electrons. The smallest absolute Gasteiger partial charge is 0.0902 e. The number of ether oxygens (including phenoxy) is 1. The Labute approximate surface area is 83.8 Å². The Morgan fingerprint density at radius 2 is 2.00 bits per heavy atom. The molecule has 1 rings (SSSR count). The average molecular weight is 207 g/mol. The molecule has 0 atom stereocenters. The van der Waals surface area contributed by atoms with Crippen LogP contribution in [0.4, 0.5) is 4.39 Å². The van der Waals surface area contributed by atoms with Gasteiger partial charge in [-0.05, 0) is 12.2 Å². The fourth-order valence-electron chi connectivity index (χ4n) is 1.28. The fourth-order valence-corrected chi connectivity index (χ4v) is 2.18. The topological polar surface area (TPSA) is 12.5 Å². The second-order valence-electron chi connectivity index (χ2n) is 3.11. The molecular formula is C9H18FNOS. The molecule has 0 aromatic heterocycles. The first-order chi connectivity index (χ1) is 6.43. The summed E-state index contributed by atoms with van der Waals surface area (Å²) in [5, 5.41) is 0. The monoisotopic (exact) mass is 207 g/mol. The molecule has 4 heteroatoms. The van der Waals surface area contributed by atoms with E-state index >= 15 is 0 Å². The summed E-state index contributed by atoms with van der Waals surface area (Å²) < 4.78 is 17.0. The first kappa shape index (κ1) is 11.3. The predicted octanol–water partition coefficient (Wildman–Crippen LogP) is 1.41. The molecule has 1 heterocycles. The van der Waals surface area contributed by atoms with Crippen molar-refractivity contribution in [2.24, 2.45) is 0 Å². The van der Waals surface area contributed by atoms with Gasteiger partial charge in [0.2, 0.25) is 0 Å². The predicted molar refractivity (Wildman–Crippen MR) is 55.2 cm³/mol. The number of halogens is 1. The maximum absolute atomic E-state index is 11.7. The van der Waals surface area contributed by atoms with Crippen LogP contribution in [0, 0.1) is 0 Å². The minimum atomic E-state index is -0.176.